The highest BCUT2D eigenvalue weighted by molar-refractivity contribution is 5.85. The standard InChI is InChI=1S/C26H39NO5/c1-15(27)23(29)32-18-6-9-24(2)17(13-18)4-5-21-20(24)7-10-25(3)19(8-11-26(21,25)30)16-12-22(28)31-14-16/h12,15,17-21,30H,4-11,13-14,27H2,1-3H3/t15-,17-,18+,19-,20+,21-,24+,25-,26+/m1/s1. The first-order valence-corrected chi connectivity index (χ1v) is 12.6. The lowest BCUT2D eigenvalue weighted by atomic mass is 9.43. The Morgan fingerprint density at radius 3 is 2.62 bits per heavy atom. The Hall–Kier alpha value is -1.40. The van der Waals surface area contributed by atoms with Crippen molar-refractivity contribution in [3.8, 4) is 0 Å². The molecule has 0 amide bonds. The maximum Gasteiger partial charge on any atom is 0.331 e. The monoisotopic (exact) mass is 445 g/mol. The maximum absolute atomic E-state index is 12.3. The molecule has 0 aromatic heterocycles. The molecule has 1 aliphatic heterocycles. The van der Waals surface area contributed by atoms with Crippen LogP contribution >= 0.6 is 0 Å². The van der Waals surface area contributed by atoms with Crippen LogP contribution in [0.3, 0.4) is 0 Å². The van der Waals surface area contributed by atoms with Crippen molar-refractivity contribution in [1.82, 2.24) is 0 Å². The van der Waals surface area contributed by atoms with Gasteiger partial charge in [-0.3, -0.25) is 4.79 Å². The minimum Gasteiger partial charge on any atom is -0.461 e. The highest BCUT2D eigenvalue weighted by Crippen LogP contribution is 2.70. The van der Waals surface area contributed by atoms with E-state index in [4.69, 9.17) is 15.2 Å². The molecule has 0 spiro atoms. The Kier molecular flexibility index (Phi) is 5.29. The van der Waals surface area contributed by atoms with E-state index in [0.29, 0.717) is 24.4 Å². The molecule has 0 bridgehead atoms. The van der Waals surface area contributed by atoms with Gasteiger partial charge in [-0.25, -0.2) is 4.79 Å². The average molecular weight is 446 g/mol. The van der Waals surface area contributed by atoms with Crippen molar-refractivity contribution < 1.29 is 24.2 Å². The van der Waals surface area contributed by atoms with Crippen LogP contribution in [0.1, 0.15) is 78.6 Å². The number of carbonyl (C=O) groups excluding carboxylic acids is 2. The van der Waals surface area contributed by atoms with Crippen molar-refractivity contribution in [2.24, 2.45) is 40.2 Å². The predicted molar refractivity (Wildman–Crippen MR) is 119 cm³/mol. The van der Waals surface area contributed by atoms with E-state index in [1.807, 2.05) is 0 Å². The number of hydrogen-bond acceptors (Lipinski definition) is 6. The zero-order valence-electron chi connectivity index (χ0n) is 19.8. The summed E-state index contributed by atoms with van der Waals surface area (Å²) in [5, 5.41) is 12.3. The fourth-order valence-electron chi connectivity index (χ4n) is 8.75. The molecule has 0 aromatic rings. The van der Waals surface area contributed by atoms with Gasteiger partial charge in [0.2, 0.25) is 0 Å². The number of ether oxygens (including phenoxy) is 2. The zero-order chi connectivity index (χ0) is 22.9. The molecule has 0 saturated heterocycles. The highest BCUT2D eigenvalue weighted by Gasteiger charge is 2.67. The van der Waals surface area contributed by atoms with Crippen LogP contribution in [0.4, 0.5) is 0 Å². The molecule has 0 radical (unpaired) electrons. The molecule has 3 N–H and O–H groups in total. The minimum atomic E-state index is -0.681. The molecule has 6 heteroatoms. The fraction of sp³-hybridized carbons (Fsp3) is 0.846. The Balaban J connectivity index is 1.35. The number of hydrogen-bond donors (Lipinski definition) is 2. The second-order valence-electron chi connectivity index (χ2n) is 11.9. The van der Waals surface area contributed by atoms with Gasteiger partial charge in [0.15, 0.2) is 0 Å². The Morgan fingerprint density at radius 1 is 1.16 bits per heavy atom. The van der Waals surface area contributed by atoms with Gasteiger partial charge >= 0.3 is 11.9 Å². The third kappa shape index (κ3) is 3.12. The summed E-state index contributed by atoms with van der Waals surface area (Å²) in [5.41, 5.74) is 6.10. The van der Waals surface area contributed by atoms with E-state index in [0.717, 1.165) is 63.4 Å². The van der Waals surface area contributed by atoms with Crippen molar-refractivity contribution in [1.29, 1.82) is 0 Å². The molecule has 4 fully saturated rings. The first kappa shape index (κ1) is 22.4. The van der Waals surface area contributed by atoms with Gasteiger partial charge in [0.25, 0.3) is 0 Å². The van der Waals surface area contributed by atoms with Crippen LogP contribution in [-0.2, 0) is 19.1 Å². The number of rotatable bonds is 3. The van der Waals surface area contributed by atoms with Gasteiger partial charge < -0.3 is 20.3 Å². The Morgan fingerprint density at radius 2 is 1.94 bits per heavy atom. The predicted octanol–water partition coefficient (Wildman–Crippen LogP) is 3.50. The van der Waals surface area contributed by atoms with E-state index in [9.17, 15) is 14.7 Å². The van der Waals surface area contributed by atoms with E-state index in [1.54, 1.807) is 13.0 Å². The second-order valence-corrected chi connectivity index (χ2v) is 11.9. The summed E-state index contributed by atoms with van der Waals surface area (Å²) < 4.78 is 10.9. The summed E-state index contributed by atoms with van der Waals surface area (Å²) in [7, 11) is 0. The van der Waals surface area contributed by atoms with Gasteiger partial charge in [-0.1, -0.05) is 13.8 Å². The van der Waals surface area contributed by atoms with Crippen molar-refractivity contribution in [2.45, 2.75) is 96.3 Å². The van der Waals surface area contributed by atoms with Gasteiger partial charge in [0, 0.05) is 11.5 Å². The number of cyclic esters (lactones) is 1. The maximum atomic E-state index is 12.3. The van der Waals surface area contributed by atoms with Crippen LogP contribution in [-0.4, -0.2) is 41.4 Å². The van der Waals surface area contributed by atoms with Gasteiger partial charge in [-0.15, -0.1) is 0 Å². The lowest BCUT2D eigenvalue weighted by molar-refractivity contribution is -0.210. The number of nitrogens with two attached hydrogens (primary N) is 1. The van der Waals surface area contributed by atoms with Crippen molar-refractivity contribution in [3.05, 3.63) is 11.6 Å². The summed E-state index contributed by atoms with van der Waals surface area (Å²) >= 11 is 0. The van der Waals surface area contributed by atoms with E-state index in [2.05, 4.69) is 13.8 Å². The zero-order valence-corrected chi connectivity index (χ0v) is 19.8. The van der Waals surface area contributed by atoms with Gasteiger partial charge in [0.05, 0.1) is 5.60 Å². The highest BCUT2D eigenvalue weighted by atomic mass is 16.5. The first-order valence-electron chi connectivity index (χ1n) is 12.6. The molecule has 5 aliphatic rings. The molecule has 4 aliphatic carbocycles. The Bertz CT molecular complexity index is 838. The fourth-order valence-corrected chi connectivity index (χ4v) is 8.75. The normalized spacial score (nSPS) is 48.7. The molecule has 1 heterocycles. The largest absolute Gasteiger partial charge is 0.461 e. The summed E-state index contributed by atoms with van der Waals surface area (Å²) in [4.78, 5) is 23.7. The van der Waals surface area contributed by atoms with Gasteiger partial charge in [-0.05, 0) is 99.4 Å². The van der Waals surface area contributed by atoms with Crippen LogP contribution in [0, 0.1) is 34.5 Å². The number of aliphatic hydroxyl groups is 1. The van der Waals surface area contributed by atoms with E-state index < -0.39 is 11.6 Å². The first-order chi connectivity index (χ1) is 15.1. The smallest absolute Gasteiger partial charge is 0.331 e. The van der Waals surface area contributed by atoms with E-state index >= 15 is 0 Å². The van der Waals surface area contributed by atoms with Crippen LogP contribution in [0.5, 0.6) is 0 Å². The third-order valence-electron chi connectivity index (χ3n) is 10.6. The molecule has 4 saturated carbocycles. The van der Waals surface area contributed by atoms with Crippen LogP contribution in [0.2, 0.25) is 0 Å². The van der Waals surface area contributed by atoms with Gasteiger partial charge in [0.1, 0.15) is 18.8 Å². The topological polar surface area (TPSA) is 98.9 Å². The van der Waals surface area contributed by atoms with Crippen molar-refractivity contribution in [2.75, 3.05) is 6.61 Å². The van der Waals surface area contributed by atoms with E-state index in [1.165, 1.54) is 0 Å². The summed E-state index contributed by atoms with van der Waals surface area (Å²) in [6.45, 7) is 6.77. The number of fused-ring (bicyclic) bond motifs is 5. The van der Waals surface area contributed by atoms with Crippen LogP contribution < -0.4 is 5.73 Å². The lowest BCUT2D eigenvalue weighted by Gasteiger charge is -2.63. The van der Waals surface area contributed by atoms with Crippen molar-refractivity contribution >= 4 is 11.9 Å². The molecule has 6 nitrogen and oxygen atoms in total. The average Bonchev–Trinajstić information content (AvgIpc) is 3.28. The Labute approximate surface area is 191 Å². The molecule has 9 atom stereocenters. The molecule has 0 aromatic carbocycles. The van der Waals surface area contributed by atoms with Gasteiger partial charge in [-0.2, -0.15) is 0 Å². The quantitative estimate of drug-likeness (QED) is 0.645. The second kappa shape index (κ2) is 7.56. The van der Waals surface area contributed by atoms with Crippen molar-refractivity contribution in [3.63, 3.8) is 0 Å². The molecule has 178 valence electrons. The summed E-state index contributed by atoms with van der Waals surface area (Å²) in [5.74, 6) is 1.03. The summed E-state index contributed by atoms with van der Waals surface area (Å²) in [6, 6.07) is -0.574. The SMILES string of the molecule is C[C@@H](N)C(=O)O[C@H]1CC[C@@]2(C)[C@H](CC[C@@H]3[C@@H]2CC[C@]2(C)[C@@H](C4=CC(=O)OC4)CC[C@]32O)C1. The number of esters is 2. The summed E-state index contributed by atoms with van der Waals surface area (Å²) in [6.07, 6.45) is 10.5. The minimum absolute atomic E-state index is 0.0252. The molecule has 0 unspecified atom stereocenters. The van der Waals surface area contributed by atoms with Crippen LogP contribution in [0.15, 0.2) is 11.6 Å². The lowest BCUT2D eigenvalue weighted by Crippen LogP contribution is -2.62. The molecular formula is C26H39NO5. The molecule has 32 heavy (non-hydrogen) atoms. The number of carbonyl (C=O) groups is 2. The molecule has 5 rings (SSSR count). The molecular weight excluding hydrogens is 406 g/mol. The van der Waals surface area contributed by atoms with E-state index in [-0.39, 0.29) is 34.8 Å². The third-order valence-corrected chi connectivity index (χ3v) is 10.6. The van der Waals surface area contributed by atoms with Crippen LogP contribution in [0.25, 0.3) is 0 Å².